The van der Waals surface area contributed by atoms with Crippen molar-refractivity contribution in [3.63, 3.8) is 0 Å². The Labute approximate surface area is 180 Å². The van der Waals surface area contributed by atoms with Gasteiger partial charge in [-0.2, -0.15) is 0 Å². The van der Waals surface area contributed by atoms with E-state index in [4.69, 9.17) is 9.47 Å². The number of hydrogen-bond acceptors (Lipinski definition) is 2. The molecule has 0 aromatic heterocycles. The Morgan fingerprint density at radius 2 is 1.00 bits per heavy atom. The third kappa shape index (κ3) is 5.87. The van der Waals surface area contributed by atoms with Crippen LogP contribution in [0.1, 0.15) is 39.2 Å². The fourth-order valence-corrected chi connectivity index (χ4v) is 3.13. The molecule has 2 nitrogen and oxygen atoms in total. The molecule has 0 spiro atoms. The molecule has 0 N–H and O–H groups in total. The predicted octanol–water partition coefficient (Wildman–Crippen LogP) is 8.48. The van der Waals surface area contributed by atoms with Gasteiger partial charge in [0.25, 0.3) is 0 Å². The van der Waals surface area contributed by atoms with Crippen LogP contribution in [0.15, 0.2) is 96.3 Å². The molecule has 0 saturated carbocycles. The van der Waals surface area contributed by atoms with Crippen molar-refractivity contribution < 1.29 is 9.47 Å². The molecule has 154 valence electrons. The van der Waals surface area contributed by atoms with Gasteiger partial charge in [-0.1, -0.05) is 67.5 Å². The lowest BCUT2D eigenvalue weighted by molar-refractivity contribution is 0.401. The molecular formula is C28H30O2. The fourth-order valence-electron chi connectivity index (χ4n) is 3.13. The fraction of sp³-hybridized carbons (Fsp3) is 0.214. The average molecular weight is 399 g/mol. The van der Waals surface area contributed by atoms with E-state index in [-0.39, 0.29) is 0 Å². The molecule has 0 heterocycles. The summed E-state index contributed by atoms with van der Waals surface area (Å²) in [5, 5.41) is 0. The highest BCUT2D eigenvalue weighted by Gasteiger charge is 2.06. The summed E-state index contributed by atoms with van der Waals surface area (Å²) in [5.74, 6) is 3.58. The largest absolute Gasteiger partial charge is 0.462 e. The normalized spacial score (nSPS) is 12.8. The van der Waals surface area contributed by atoms with Crippen LogP contribution in [0.3, 0.4) is 0 Å². The van der Waals surface area contributed by atoms with Crippen LogP contribution in [0.4, 0.5) is 0 Å². The molecular weight excluding hydrogens is 368 g/mol. The Morgan fingerprint density at radius 1 is 0.533 bits per heavy atom. The van der Waals surface area contributed by atoms with Gasteiger partial charge in [0.05, 0.1) is 0 Å². The summed E-state index contributed by atoms with van der Waals surface area (Å²) in [6.07, 6.45) is 6.24. The van der Waals surface area contributed by atoms with Crippen LogP contribution in [-0.2, 0) is 0 Å². The van der Waals surface area contributed by atoms with E-state index >= 15 is 0 Å². The summed E-state index contributed by atoms with van der Waals surface area (Å²) in [5.41, 5.74) is 4.93. The zero-order valence-corrected chi connectivity index (χ0v) is 18.3. The van der Waals surface area contributed by atoms with Crippen LogP contribution in [0, 0.1) is 6.92 Å². The van der Waals surface area contributed by atoms with Crippen molar-refractivity contribution in [3.8, 4) is 28.4 Å². The number of ether oxygens (including phenoxy) is 2. The quantitative estimate of drug-likeness (QED) is 0.429. The zero-order valence-electron chi connectivity index (χ0n) is 18.3. The second kappa shape index (κ2) is 10.5. The van der Waals surface area contributed by atoms with Crippen LogP contribution in [0.25, 0.3) is 11.1 Å². The molecule has 1 aliphatic carbocycles. The van der Waals surface area contributed by atoms with Gasteiger partial charge >= 0.3 is 0 Å². The Kier molecular flexibility index (Phi) is 7.51. The Hall–Kier alpha value is -3.26. The molecule has 0 bridgehead atoms. The lowest BCUT2D eigenvalue weighted by Crippen LogP contribution is -1.99. The van der Waals surface area contributed by atoms with Crippen molar-refractivity contribution in [3.05, 3.63) is 102 Å². The van der Waals surface area contributed by atoms with Gasteiger partial charge < -0.3 is 9.47 Å². The van der Waals surface area contributed by atoms with E-state index in [1.807, 2.05) is 62.4 Å². The number of allylic oxidation sites excluding steroid dienone is 4. The molecule has 0 amide bonds. The molecule has 30 heavy (non-hydrogen) atoms. The first-order chi connectivity index (χ1) is 14.7. The van der Waals surface area contributed by atoms with Crippen molar-refractivity contribution in [2.24, 2.45) is 0 Å². The van der Waals surface area contributed by atoms with Gasteiger partial charge in [-0.25, -0.2) is 0 Å². The standard InChI is InChI=1S/C26H24O2.C2H6/c1-19-3-11-23(12-4-19)27-25-15-7-21(8-16-25)22-9-17-26(18-10-22)28-24-13-5-20(2)6-14-24;1-2/h3-5,7-13,15-18H,6,14H2,1-2H3;1-2H3. The van der Waals surface area contributed by atoms with E-state index in [1.165, 1.54) is 11.1 Å². The summed E-state index contributed by atoms with van der Waals surface area (Å²) in [6.45, 7) is 8.22. The molecule has 0 aliphatic heterocycles. The topological polar surface area (TPSA) is 18.5 Å². The number of aryl methyl sites for hydroxylation is 1. The van der Waals surface area contributed by atoms with Gasteiger partial charge in [-0.05, 0) is 73.9 Å². The summed E-state index contributed by atoms with van der Waals surface area (Å²) >= 11 is 0. The maximum atomic E-state index is 5.98. The summed E-state index contributed by atoms with van der Waals surface area (Å²) in [7, 11) is 0. The lowest BCUT2D eigenvalue weighted by atomic mass is 10.0. The first-order valence-corrected chi connectivity index (χ1v) is 10.6. The molecule has 4 rings (SSSR count). The maximum Gasteiger partial charge on any atom is 0.127 e. The van der Waals surface area contributed by atoms with Gasteiger partial charge in [0.1, 0.15) is 23.0 Å². The van der Waals surface area contributed by atoms with Crippen molar-refractivity contribution in [1.29, 1.82) is 0 Å². The van der Waals surface area contributed by atoms with Crippen LogP contribution in [0.2, 0.25) is 0 Å². The summed E-state index contributed by atoms with van der Waals surface area (Å²) < 4.78 is 11.9. The van der Waals surface area contributed by atoms with E-state index < -0.39 is 0 Å². The summed E-state index contributed by atoms with van der Waals surface area (Å²) in [4.78, 5) is 0. The van der Waals surface area contributed by atoms with E-state index in [1.54, 1.807) is 0 Å². The SMILES string of the molecule is CC.CC1=CC=C(Oc2ccc(-c3ccc(Oc4ccc(C)cc4)cc3)cc2)CC1. The molecule has 1 aliphatic rings. The second-order valence-electron chi connectivity index (χ2n) is 7.21. The van der Waals surface area contributed by atoms with Crippen molar-refractivity contribution in [1.82, 2.24) is 0 Å². The predicted molar refractivity (Wildman–Crippen MR) is 126 cm³/mol. The van der Waals surface area contributed by atoms with Gasteiger partial charge in [0.15, 0.2) is 0 Å². The van der Waals surface area contributed by atoms with Gasteiger partial charge in [-0.3, -0.25) is 0 Å². The van der Waals surface area contributed by atoms with Gasteiger partial charge in [-0.15, -0.1) is 0 Å². The second-order valence-corrected chi connectivity index (χ2v) is 7.21. The third-order valence-electron chi connectivity index (χ3n) is 4.87. The minimum atomic E-state index is 0.833. The smallest absolute Gasteiger partial charge is 0.127 e. The van der Waals surface area contributed by atoms with Crippen LogP contribution >= 0.6 is 0 Å². The van der Waals surface area contributed by atoms with Crippen LogP contribution < -0.4 is 9.47 Å². The highest BCUT2D eigenvalue weighted by Crippen LogP contribution is 2.28. The molecule has 3 aromatic carbocycles. The van der Waals surface area contributed by atoms with Crippen LogP contribution in [0.5, 0.6) is 17.2 Å². The van der Waals surface area contributed by atoms with Crippen LogP contribution in [-0.4, -0.2) is 0 Å². The van der Waals surface area contributed by atoms with E-state index in [9.17, 15) is 0 Å². The molecule has 0 fully saturated rings. The third-order valence-corrected chi connectivity index (χ3v) is 4.87. The molecule has 2 heteroatoms. The minimum Gasteiger partial charge on any atom is -0.462 e. The highest BCUT2D eigenvalue weighted by molar-refractivity contribution is 5.65. The summed E-state index contributed by atoms with van der Waals surface area (Å²) in [6, 6.07) is 24.5. The lowest BCUT2D eigenvalue weighted by Gasteiger charge is -2.14. The average Bonchev–Trinajstić information content (AvgIpc) is 2.79. The first kappa shape index (κ1) is 21.4. The molecule has 0 radical (unpaired) electrons. The first-order valence-electron chi connectivity index (χ1n) is 10.6. The van der Waals surface area contributed by atoms with E-state index in [2.05, 4.69) is 50.3 Å². The molecule has 0 saturated heterocycles. The monoisotopic (exact) mass is 398 g/mol. The van der Waals surface area contributed by atoms with Gasteiger partial charge in [0.2, 0.25) is 0 Å². The zero-order chi connectivity index (χ0) is 21.3. The Morgan fingerprint density at radius 3 is 1.47 bits per heavy atom. The Balaban J connectivity index is 0.00000124. The van der Waals surface area contributed by atoms with Crippen molar-refractivity contribution in [2.45, 2.75) is 40.5 Å². The molecule has 0 unspecified atom stereocenters. The molecule has 3 aromatic rings. The number of benzene rings is 3. The number of hydrogen-bond donors (Lipinski definition) is 0. The minimum absolute atomic E-state index is 0.833. The maximum absolute atomic E-state index is 5.98. The Bertz CT molecular complexity index is 992. The number of rotatable bonds is 5. The van der Waals surface area contributed by atoms with Gasteiger partial charge in [0, 0.05) is 6.42 Å². The van der Waals surface area contributed by atoms with E-state index in [0.717, 1.165) is 47.0 Å². The van der Waals surface area contributed by atoms with E-state index in [0.29, 0.717) is 0 Å². The van der Waals surface area contributed by atoms with Crippen molar-refractivity contribution in [2.75, 3.05) is 0 Å². The van der Waals surface area contributed by atoms with Crippen molar-refractivity contribution >= 4 is 0 Å². The highest BCUT2D eigenvalue weighted by atomic mass is 16.5. The molecule has 0 atom stereocenters.